The molecule has 7 heteroatoms. The van der Waals surface area contributed by atoms with Crippen LogP contribution in [0.25, 0.3) is 0 Å². The topological polar surface area (TPSA) is 73.9 Å². The Hall–Kier alpha value is -2.90. The molecule has 1 saturated heterocycles. The second-order valence-electron chi connectivity index (χ2n) is 7.36. The van der Waals surface area contributed by atoms with Crippen molar-refractivity contribution in [1.29, 1.82) is 0 Å². The number of nitrogens with one attached hydrogen (secondary N) is 2. The van der Waals surface area contributed by atoms with E-state index in [0.29, 0.717) is 24.5 Å². The summed E-state index contributed by atoms with van der Waals surface area (Å²) in [7, 11) is 1.58. The number of methoxy groups -OCH3 is 1. The van der Waals surface area contributed by atoms with E-state index in [9.17, 15) is 9.59 Å². The Kier molecular flexibility index (Phi) is 7.82. The lowest BCUT2D eigenvalue weighted by Crippen LogP contribution is -2.50. The fourth-order valence-corrected chi connectivity index (χ4v) is 3.59. The molecule has 2 aromatic rings. The molecule has 2 aromatic carbocycles. The molecule has 0 radical (unpaired) electrons. The van der Waals surface area contributed by atoms with Crippen molar-refractivity contribution in [2.45, 2.75) is 13.3 Å². The van der Waals surface area contributed by atoms with Gasteiger partial charge in [0.1, 0.15) is 5.75 Å². The molecule has 0 atom stereocenters. The number of benzene rings is 2. The summed E-state index contributed by atoms with van der Waals surface area (Å²) in [5.74, 6) is 0.575. The lowest BCUT2D eigenvalue weighted by atomic mass is 10.1. The minimum Gasteiger partial charge on any atom is -0.495 e. The van der Waals surface area contributed by atoms with Crippen molar-refractivity contribution in [2.24, 2.45) is 0 Å². The first-order chi connectivity index (χ1) is 14.6. The average Bonchev–Trinajstić information content (AvgIpc) is 2.76. The normalized spacial score (nSPS) is 14.9. The monoisotopic (exact) mass is 410 g/mol. The van der Waals surface area contributed by atoms with Gasteiger partial charge in [0.25, 0.3) is 0 Å². The van der Waals surface area contributed by atoms with E-state index in [1.54, 1.807) is 7.11 Å². The third-order valence-electron chi connectivity index (χ3n) is 5.25. The number of carbonyl (C=O) groups is 2. The number of amides is 2. The molecule has 0 spiro atoms. The molecule has 1 aliphatic rings. The maximum absolute atomic E-state index is 12.4. The minimum atomic E-state index is -0.0677. The van der Waals surface area contributed by atoms with Crippen molar-refractivity contribution in [3.63, 3.8) is 0 Å². The fraction of sp³-hybridized carbons (Fsp3) is 0.391. The highest BCUT2D eigenvalue weighted by Gasteiger charge is 2.21. The number of ether oxygens (including phenoxy) is 1. The smallest absolute Gasteiger partial charge is 0.238 e. The number of piperazine rings is 1. The molecule has 2 N–H and O–H groups in total. The van der Waals surface area contributed by atoms with E-state index < -0.39 is 0 Å². The summed E-state index contributed by atoms with van der Waals surface area (Å²) < 4.78 is 5.27. The number of anilines is 2. The Bertz CT molecular complexity index is 792. The second-order valence-corrected chi connectivity index (χ2v) is 7.36. The van der Waals surface area contributed by atoms with Crippen molar-refractivity contribution >= 4 is 23.2 Å². The molecule has 30 heavy (non-hydrogen) atoms. The van der Waals surface area contributed by atoms with Gasteiger partial charge in [-0.05, 0) is 30.2 Å². The zero-order valence-corrected chi connectivity index (χ0v) is 17.7. The summed E-state index contributed by atoms with van der Waals surface area (Å²) in [5, 5.41) is 5.93. The molecule has 1 fully saturated rings. The Balaban J connectivity index is 1.42. The van der Waals surface area contributed by atoms with Crippen molar-refractivity contribution in [3.05, 3.63) is 54.1 Å². The highest BCUT2D eigenvalue weighted by molar-refractivity contribution is 5.94. The summed E-state index contributed by atoms with van der Waals surface area (Å²) in [6, 6.07) is 15.3. The van der Waals surface area contributed by atoms with Crippen molar-refractivity contribution in [1.82, 2.24) is 9.80 Å². The summed E-state index contributed by atoms with van der Waals surface area (Å²) >= 11 is 0. The van der Waals surface area contributed by atoms with Gasteiger partial charge in [0.05, 0.1) is 25.9 Å². The minimum absolute atomic E-state index is 0.00161. The van der Waals surface area contributed by atoms with E-state index in [1.807, 2.05) is 48.5 Å². The summed E-state index contributed by atoms with van der Waals surface area (Å²) in [6.07, 6.45) is 0.881. The van der Waals surface area contributed by atoms with Crippen LogP contribution >= 0.6 is 0 Å². The largest absolute Gasteiger partial charge is 0.495 e. The molecular weight excluding hydrogens is 380 g/mol. The zero-order valence-electron chi connectivity index (χ0n) is 17.7. The van der Waals surface area contributed by atoms with Crippen LogP contribution in [0.4, 0.5) is 11.4 Å². The summed E-state index contributed by atoms with van der Waals surface area (Å²) in [4.78, 5) is 29.0. The van der Waals surface area contributed by atoms with Crippen LogP contribution in [0.5, 0.6) is 5.75 Å². The second kappa shape index (κ2) is 10.8. The van der Waals surface area contributed by atoms with Crippen LogP contribution in [-0.2, 0) is 16.0 Å². The van der Waals surface area contributed by atoms with Gasteiger partial charge < -0.3 is 15.4 Å². The maximum Gasteiger partial charge on any atom is 0.238 e. The van der Waals surface area contributed by atoms with E-state index in [-0.39, 0.29) is 11.8 Å². The van der Waals surface area contributed by atoms with Gasteiger partial charge in [-0.2, -0.15) is 0 Å². The predicted molar refractivity (Wildman–Crippen MR) is 119 cm³/mol. The number of nitrogens with zero attached hydrogens (tertiary/aromatic N) is 2. The van der Waals surface area contributed by atoms with Crippen LogP contribution in [0.3, 0.4) is 0 Å². The Morgan fingerprint density at radius 3 is 1.90 bits per heavy atom. The Morgan fingerprint density at radius 2 is 1.33 bits per heavy atom. The molecule has 0 unspecified atom stereocenters. The molecule has 0 saturated carbocycles. The average molecular weight is 411 g/mol. The number of para-hydroxylation sites is 3. The number of rotatable bonds is 8. The molecule has 3 rings (SSSR count). The molecule has 7 nitrogen and oxygen atoms in total. The van der Waals surface area contributed by atoms with Gasteiger partial charge in [0.2, 0.25) is 11.8 Å². The van der Waals surface area contributed by atoms with Gasteiger partial charge in [-0.3, -0.25) is 19.4 Å². The molecule has 160 valence electrons. The highest BCUT2D eigenvalue weighted by Crippen LogP contribution is 2.23. The lowest BCUT2D eigenvalue weighted by molar-refractivity contribution is -0.120. The number of aryl methyl sites for hydroxylation is 1. The van der Waals surface area contributed by atoms with Gasteiger partial charge >= 0.3 is 0 Å². The van der Waals surface area contributed by atoms with Crippen LogP contribution in [0.2, 0.25) is 0 Å². The molecular formula is C23H30N4O3. The van der Waals surface area contributed by atoms with Crippen LogP contribution in [0, 0.1) is 0 Å². The number of carbonyl (C=O) groups excluding carboxylic acids is 2. The number of hydrogen-bond acceptors (Lipinski definition) is 5. The van der Waals surface area contributed by atoms with Gasteiger partial charge in [-0.1, -0.05) is 37.3 Å². The Labute approximate surface area is 178 Å². The molecule has 1 heterocycles. The van der Waals surface area contributed by atoms with Gasteiger partial charge in [-0.15, -0.1) is 0 Å². The molecule has 0 bridgehead atoms. The Morgan fingerprint density at radius 1 is 0.833 bits per heavy atom. The zero-order chi connectivity index (χ0) is 21.3. The molecule has 2 amide bonds. The van der Waals surface area contributed by atoms with Crippen LogP contribution < -0.4 is 15.4 Å². The van der Waals surface area contributed by atoms with Crippen molar-refractivity contribution in [3.8, 4) is 5.75 Å². The maximum atomic E-state index is 12.4. The first kappa shape index (κ1) is 21.8. The fourth-order valence-electron chi connectivity index (χ4n) is 3.59. The van der Waals surface area contributed by atoms with Gasteiger partial charge in [-0.25, -0.2) is 0 Å². The predicted octanol–water partition coefficient (Wildman–Crippen LogP) is 2.45. The third kappa shape index (κ3) is 6.05. The molecule has 0 aliphatic carbocycles. The standard InChI is InChI=1S/C23H30N4O3/c1-3-18-8-4-5-9-19(18)24-22(28)16-26-12-14-27(15-13-26)17-23(29)25-20-10-6-7-11-21(20)30-2/h4-11H,3,12-17H2,1-2H3,(H,24,28)(H,25,29). The first-order valence-corrected chi connectivity index (χ1v) is 10.3. The van der Waals surface area contributed by atoms with E-state index in [2.05, 4.69) is 27.4 Å². The van der Waals surface area contributed by atoms with Crippen molar-refractivity contribution in [2.75, 3.05) is 57.0 Å². The SMILES string of the molecule is CCc1ccccc1NC(=O)CN1CCN(CC(=O)Nc2ccccc2OC)CC1. The first-order valence-electron chi connectivity index (χ1n) is 10.3. The highest BCUT2D eigenvalue weighted by atomic mass is 16.5. The van der Waals surface area contributed by atoms with E-state index in [4.69, 9.17) is 4.74 Å². The molecule has 1 aliphatic heterocycles. The van der Waals surface area contributed by atoms with E-state index in [1.165, 1.54) is 0 Å². The van der Waals surface area contributed by atoms with Crippen molar-refractivity contribution < 1.29 is 14.3 Å². The van der Waals surface area contributed by atoms with Gasteiger partial charge in [0.15, 0.2) is 0 Å². The van der Waals surface area contributed by atoms with E-state index in [0.717, 1.165) is 43.9 Å². The van der Waals surface area contributed by atoms with Crippen LogP contribution in [0.15, 0.2) is 48.5 Å². The van der Waals surface area contributed by atoms with E-state index >= 15 is 0 Å². The molecule has 0 aromatic heterocycles. The summed E-state index contributed by atoms with van der Waals surface area (Å²) in [5.41, 5.74) is 2.70. The quantitative estimate of drug-likeness (QED) is 0.699. The van der Waals surface area contributed by atoms with Crippen LogP contribution in [-0.4, -0.2) is 68.0 Å². The lowest BCUT2D eigenvalue weighted by Gasteiger charge is -2.33. The van der Waals surface area contributed by atoms with Gasteiger partial charge in [0, 0.05) is 31.9 Å². The van der Waals surface area contributed by atoms with Crippen LogP contribution in [0.1, 0.15) is 12.5 Å². The number of hydrogen-bond donors (Lipinski definition) is 2. The summed E-state index contributed by atoms with van der Waals surface area (Å²) in [6.45, 7) is 5.77. The third-order valence-corrected chi connectivity index (χ3v) is 5.25.